The number of allylic oxidation sites excluding steroid dienone is 1. The molecular weight excluding hydrogens is 324 g/mol. The third-order valence-corrected chi connectivity index (χ3v) is 6.07. The van der Waals surface area contributed by atoms with Gasteiger partial charge in [0.05, 0.1) is 6.61 Å². The zero-order valence-corrected chi connectivity index (χ0v) is 15.6. The second-order valence-corrected chi connectivity index (χ2v) is 8.21. The van der Waals surface area contributed by atoms with Crippen LogP contribution in [-0.4, -0.2) is 42.1 Å². The Labute approximate surface area is 156 Å². The van der Waals surface area contributed by atoms with Gasteiger partial charge in [-0.2, -0.15) is 0 Å². The molecule has 1 saturated heterocycles. The minimum Gasteiger partial charge on any atom is -0.381 e. The molecule has 0 spiro atoms. The minimum absolute atomic E-state index is 0.293. The molecule has 4 heteroatoms. The number of amides is 1. The van der Waals surface area contributed by atoms with Crippen LogP contribution < -0.4 is 0 Å². The van der Waals surface area contributed by atoms with Crippen molar-refractivity contribution in [2.45, 2.75) is 50.9 Å². The topological polar surface area (TPSA) is 42.4 Å². The van der Waals surface area contributed by atoms with Crippen molar-refractivity contribution in [3.05, 3.63) is 41.7 Å². The van der Waals surface area contributed by atoms with Gasteiger partial charge >= 0.3 is 0 Å². The molecule has 1 aliphatic heterocycles. The molecule has 4 rings (SSSR count). The molecule has 2 atom stereocenters. The van der Waals surface area contributed by atoms with E-state index in [1.165, 1.54) is 36.8 Å². The highest BCUT2D eigenvalue weighted by atomic mass is 16.5. The first-order chi connectivity index (χ1) is 12.8. The number of nitrogens with zero attached hydrogens (tertiary/aromatic N) is 2. The molecule has 1 amide bonds. The number of pyridine rings is 1. The van der Waals surface area contributed by atoms with E-state index < -0.39 is 0 Å². The highest BCUT2D eigenvalue weighted by molar-refractivity contribution is 5.79. The third kappa shape index (κ3) is 4.53. The largest absolute Gasteiger partial charge is 0.381 e. The summed E-state index contributed by atoms with van der Waals surface area (Å²) in [4.78, 5) is 19.1. The van der Waals surface area contributed by atoms with Crippen molar-refractivity contribution in [3.8, 4) is 0 Å². The maximum atomic E-state index is 12.9. The SMILES string of the molecule is O=C(CC1=CCCCC1)N1C[C@@H](COCC2CC2)[C@H](c2ccncc2)C1. The molecule has 3 aliphatic rings. The van der Waals surface area contributed by atoms with Crippen molar-refractivity contribution < 1.29 is 9.53 Å². The van der Waals surface area contributed by atoms with Gasteiger partial charge in [0.1, 0.15) is 0 Å². The van der Waals surface area contributed by atoms with Crippen molar-refractivity contribution >= 4 is 5.91 Å². The Morgan fingerprint density at radius 1 is 1.15 bits per heavy atom. The summed E-state index contributed by atoms with van der Waals surface area (Å²) in [6.07, 6.45) is 14.0. The zero-order valence-electron chi connectivity index (χ0n) is 15.6. The number of likely N-dealkylation sites (tertiary alicyclic amines) is 1. The molecule has 1 aromatic heterocycles. The molecule has 26 heavy (non-hydrogen) atoms. The second kappa shape index (κ2) is 8.34. The average Bonchev–Trinajstić information content (AvgIpc) is 3.40. The lowest BCUT2D eigenvalue weighted by molar-refractivity contribution is -0.129. The number of ether oxygens (including phenoxy) is 1. The van der Waals surface area contributed by atoms with E-state index in [1.807, 2.05) is 12.4 Å². The number of hydrogen-bond acceptors (Lipinski definition) is 3. The molecule has 4 nitrogen and oxygen atoms in total. The van der Waals surface area contributed by atoms with Crippen molar-refractivity contribution in [2.24, 2.45) is 11.8 Å². The van der Waals surface area contributed by atoms with Crippen LogP contribution in [0.2, 0.25) is 0 Å². The van der Waals surface area contributed by atoms with Crippen molar-refractivity contribution in [3.63, 3.8) is 0 Å². The summed E-state index contributed by atoms with van der Waals surface area (Å²) in [5.74, 6) is 1.83. The molecule has 0 bridgehead atoms. The van der Waals surface area contributed by atoms with Gasteiger partial charge in [-0.05, 0) is 62.1 Å². The van der Waals surface area contributed by atoms with Crippen LogP contribution >= 0.6 is 0 Å². The molecule has 0 N–H and O–H groups in total. The number of carbonyl (C=O) groups excluding carboxylic acids is 1. The molecule has 2 aliphatic carbocycles. The summed E-state index contributed by atoms with van der Waals surface area (Å²) >= 11 is 0. The van der Waals surface area contributed by atoms with Gasteiger partial charge in [0.15, 0.2) is 0 Å². The van der Waals surface area contributed by atoms with Crippen molar-refractivity contribution in [2.75, 3.05) is 26.3 Å². The van der Waals surface area contributed by atoms with Crippen LogP contribution in [0.1, 0.15) is 56.4 Å². The van der Waals surface area contributed by atoms with Gasteiger partial charge in [0.2, 0.25) is 5.91 Å². The summed E-state index contributed by atoms with van der Waals surface area (Å²) in [7, 11) is 0. The van der Waals surface area contributed by atoms with Gasteiger partial charge in [-0.3, -0.25) is 9.78 Å². The van der Waals surface area contributed by atoms with E-state index >= 15 is 0 Å². The summed E-state index contributed by atoms with van der Waals surface area (Å²) in [6, 6.07) is 4.19. The van der Waals surface area contributed by atoms with Gasteiger partial charge in [-0.25, -0.2) is 0 Å². The van der Waals surface area contributed by atoms with Crippen LogP contribution in [-0.2, 0) is 9.53 Å². The van der Waals surface area contributed by atoms with Crippen molar-refractivity contribution in [1.29, 1.82) is 0 Å². The summed E-state index contributed by atoms with van der Waals surface area (Å²) in [5.41, 5.74) is 2.63. The maximum absolute atomic E-state index is 12.9. The third-order valence-electron chi connectivity index (χ3n) is 6.07. The fourth-order valence-corrected chi connectivity index (χ4v) is 4.27. The molecule has 2 heterocycles. The fraction of sp³-hybridized carbons (Fsp3) is 0.636. The summed E-state index contributed by atoms with van der Waals surface area (Å²) in [5, 5.41) is 0. The van der Waals surface area contributed by atoms with Crippen LogP contribution in [0.3, 0.4) is 0 Å². The van der Waals surface area contributed by atoms with Crippen LogP contribution in [0.25, 0.3) is 0 Å². The zero-order chi connectivity index (χ0) is 17.8. The van der Waals surface area contributed by atoms with Gasteiger partial charge < -0.3 is 9.64 Å². The summed E-state index contributed by atoms with van der Waals surface area (Å²) in [6.45, 7) is 3.29. The molecule has 0 aromatic carbocycles. The Kier molecular flexibility index (Phi) is 5.68. The number of rotatable bonds is 7. The van der Waals surface area contributed by atoms with Gasteiger partial charge in [-0.15, -0.1) is 0 Å². The van der Waals surface area contributed by atoms with Crippen molar-refractivity contribution in [1.82, 2.24) is 9.88 Å². The molecule has 0 unspecified atom stereocenters. The molecule has 1 saturated carbocycles. The normalized spacial score (nSPS) is 26.0. The van der Waals surface area contributed by atoms with Gasteiger partial charge in [0.25, 0.3) is 0 Å². The number of carbonyl (C=O) groups is 1. The van der Waals surface area contributed by atoms with E-state index in [-0.39, 0.29) is 0 Å². The standard InChI is InChI=1S/C22H30N2O2/c25-22(12-17-4-2-1-3-5-17)24-13-20(16-26-15-18-6-7-18)21(14-24)19-8-10-23-11-9-19/h4,8-11,18,20-21H,1-3,5-7,12-16H2/t20-,21-/m0/s1. The Balaban J connectivity index is 1.39. The highest BCUT2D eigenvalue weighted by Crippen LogP contribution is 2.35. The molecule has 0 radical (unpaired) electrons. The average molecular weight is 354 g/mol. The lowest BCUT2D eigenvalue weighted by Crippen LogP contribution is -2.29. The number of hydrogen-bond donors (Lipinski definition) is 0. The Morgan fingerprint density at radius 2 is 2.00 bits per heavy atom. The molecule has 1 aromatic rings. The Morgan fingerprint density at radius 3 is 2.73 bits per heavy atom. The monoisotopic (exact) mass is 354 g/mol. The maximum Gasteiger partial charge on any atom is 0.226 e. The molecule has 2 fully saturated rings. The van der Waals surface area contributed by atoms with E-state index in [1.54, 1.807) is 0 Å². The van der Waals surface area contributed by atoms with E-state index in [2.05, 4.69) is 28.1 Å². The van der Waals surface area contributed by atoms with Gasteiger partial charge in [0, 0.05) is 50.3 Å². The first kappa shape index (κ1) is 17.7. The number of aromatic nitrogens is 1. The van der Waals surface area contributed by atoms with Crippen LogP contribution in [0.5, 0.6) is 0 Å². The molecule has 140 valence electrons. The van der Waals surface area contributed by atoms with Gasteiger partial charge in [-0.1, -0.05) is 11.6 Å². The highest BCUT2D eigenvalue weighted by Gasteiger charge is 2.36. The van der Waals surface area contributed by atoms with Crippen LogP contribution in [0, 0.1) is 11.8 Å². The predicted octanol–water partition coefficient (Wildman–Crippen LogP) is 3.94. The quantitative estimate of drug-likeness (QED) is 0.697. The fourth-order valence-electron chi connectivity index (χ4n) is 4.27. The Hall–Kier alpha value is -1.68. The lowest BCUT2D eigenvalue weighted by atomic mass is 9.90. The first-order valence-corrected chi connectivity index (χ1v) is 10.2. The van der Waals surface area contributed by atoms with E-state index in [4.69, 9.17) is 4.74 Å². The molecular formula is C22H30N2O2. The van der Waals surface area contributed by atoms with E-state index in [0.29, 0.717) is 24.2 Å². The van der Waals surface area contributed by atoms with Crippen LogP contribution in [0.4, 0.5) is 0 Å². The minimum atomic E-state index is 0.293. The van der Waals surface area contributed by atoms with E-state index in [0.717, 1.165) is 45.1 Å². The lowest BCUT2D eigenvalue weighted by Gasteiger charge is -2.19. The van der Waals surface area contributed by atoms with Crippen LogP contribution in [0.15, 0.2) is 36.2 Å². The van der Waals surface area contributed by atoms with E-state index in [9.17, 15) is 4.79 Å². The second-order valence-electron chi connectivity index (χ2n) is 8.21. The smallest absolute Gasteiger partial charge is 0.226 e. The summed E-state index contributed by atoms with van der Waals surface area (Å²) < 4.78 is 6.01. The predicted molar refractivity (Wildman–Crippen MR) is 102 cm³/mol. The Bertz CT molecular complexity index is 639. The first-order valence-electron chi connectivity index (χ1n) is 10.2.